The fraction of sp³-hybridized carbons (Fsp3) is 0.556. The number of aliphatic hydroxyl groups excluding tert-OH is 1. The van der Waals surface area contributed by atoms with Crippen molar-refractivity contribution in [3.63, 3.8) is 0 Å². The van der Waals surface area contributed by atoms with E-state index in [2.05, 4.69) is 9.97 Å². The van der Waals surface area contributed by atoms with E-state index in [9.17, 15) is 9.18 Å². The van der Waals surface area contributed by atoms with Crippen LogP contribution in [0.1, 0.15) is 31.5 Å². The summed E-state index contributed by atoms with van der Waals surface area (Å²) in [5.74, 6) is 0.375. The molecule has 3 rings (SSSR count). The number of fused-ring (bicyclic) bond motifs is 1. The van der Waals surface area contributed by atoms with E-state index in [0.29, 0.717) is 55.8 Å². The van der Waals surface area contributed by atoms with E-state index in [0.717, 1.165) is 12.8 Å². The highest BCUT2D eigenvalue weighted by molar-refractivity contribution is 5.77. The quantitative estimate of drug-likeness (QED) is 0.750. The number of imidazole rings is 1. The van der Waals surface area contributed by atoms with Crippen molar-refractivity contribution in [1.82, 2.24) is 14.9 Å². The molecule has 0 unspecified atom stereocenters. The maximum absolute atomic E-state index is 13.7. The summed E-state index contributed by atoms with van der Waals surface area (Å²) in [5.41, 5.74) is 0.981. The van der Waals surface area contributed by atoms with Crippen molar-refractivity contribution < 1.29 is 19.0 Å². The van der Waals surface area contributed by atoms with Gasteiger partial charge in [-0.2, -0.15) is 0 Å². The van der Waals surface area contributed by atoms with Gasteiger partial charge in [-0.3, -0.25) is 4.79 Å². The molecular weight excluding hydrogens is 325 g/mol. The van der Waals surface area contributed by atoms with Gasteiger partial charge in [0.05, 0.1) is 11.6 Å². The van der Waals surface area contributed by atoms with Crippen molar-refractivity contribution in [2.24, 2.45) is 0 Å². The van der Waals surface area contributed by atoms with Crippen molar-refractivity contribution in [2.45, 2.75) is 38.2 Å². The number of aromatic amines is 1. The Morgan fingerprint density at radius 1 is 1.40 bits per heavy atom. The number of nitrogens with zero attached hydrogens (tertiary/aromatic N) is 2. The number of amides is 1. The molecule has 1 aliphatic heterocycles. The lowest BCUT2D eigenvalue weighted by Crippen LogP contribution is -2.41. The first-order chi connectivity index (χ1) is 12.2. The molecule has 1 saturated heterocycles. The van der Waals surface area contributed by atoms with E-state index in [4.69, 9.17) is 9.84 Å². The van der Waals surface area contributed by atoms with Crippen LogP contribution in [0.3, 0.4) is 0 Å². The van der Waals surface area contributed by atoms with Crippen LogP contribution in [0.15, 0.2) is 18.2 Å². The molecule has 2 N–H and O–H groups in total. The molecule has 1 amide bonds. The standard InChI is InChI=1S/C18H24FN3O3/c19-14-3-1-4-15-18(14)21-16(20-15)5-6-17(24)22-9-7-13(8-10-22)25-12-2-11-23/h1,3-4,13,23H,2,5-12H2,(H,20,21). The topological polar surface area (TPSA) is 78.5 Å². The average molecular weight is 349 g/mol. The first kappa shape index (κ1) is 17.8. The molecular formula is C18H24FN3O3. The van der Waals surface area contributed by atoms with Crippen LogP contribution in [0.25, 0.3) is 11.0 Å². The summed E-state index contributed by atoms with van der Waals surface area (Å²) in [7, 11) is 0. The van der Waals surface area contributed by atoms with E-state index in [-0.39, 0.29) is 24.4 Å². The predicted molar refractivity (Wildman–Crippen MR) is 91.6 cm³/mol. The zero-order valence-electron chi connectivity index (χ0n) is 14.2. The number of hydrogen-bond acceptors (Lipinski definition) is 4. The summed E-state index contributed by atoms with van der Waals surface area (Å²) in [6.07, 6.45) is 3.31. The van der Waals surface area contributed by atoms with Crippen LogP contribution in [-0.2, 0) is 16.0 Å². The number of nitrogens with one attached hydrogen (secondary N) is 1. The fourth-order valence-electron chi connectivity index (χ4n) is 3.14. The fourth-order valence-corrected chi connectivity index (χ4v) is 3.14. The van der Waals surface area contributed by atoms with Crippen LogP contribution in [0.5, 0.6) is 0 Å². The molecule has 0 bridgehead atoms. The second-order valence-electron chi connectivity index (χ2n) is 6.35. The second kappa shape index (κ2) is 8.40. The zero-order chi connectivity index (χ0) is 17.6. The average Bonchev–Trinajstić information content (AvgIpc) is 3.05. The minimum Gasteiger partial charge on any atom is -0.396 e. The maximum atomic E-state index is 13.7. The molecule has 0 radical (unpaired) electrons. The number of halogens is 1. The van der Waals surface area contributed by atoms with Crippen LogP contribution in [0.4, 0.5) is 4.39 Å². The third-order valence-electron chi connectivity index (χ3n) is 4.54. The highest BCUT2D eigenvalue weighted by Gasteiger charge is 2.23. The van der Waals surface area contributed by atoms with Crippen molar-refractivity contribution in [1.29, 1.82) is 0 Å². The molecule has 1 fully saturated rings. The Kier molecular flexibility index (Phi) is 5.99. The van der Waals surface area contributed by atoms with Crippen molar-refractivity contribution in [3.05, 3.63) is 29.8 Å². The van der Waals surface area contributed by atoms with Gasteiger partial charge in [0.25, 0.3) is 0 Å². The Labute approximate surface area is 146 Å². The number of carbonyl (C=O) groups is 1. The number of likely N-dealkylation sites (tertiary alicyclic amines) is 1. The third-order valence-corrected chi connectivity index (χ3v) is 4.54. The number of benzene rings is 1. The number of aliphatic hydroxyl groups is 1. The van der Waals surface area contributed by atoms with Gasteiger partial charge in [0.2, 0.25) is 5.91 Å². The third kappa shape index (κ3) is 4.55. The Morgan fingerprint density at radius 2 is 2.20 bits per heavy atom. The number of rotatable bonds is 7. The minimum absolute atomic E-state index is 0.0923. The van der Waals surface area contributed by atoms with E-state index < -0.39 is 0 Å². The van der Waals surface area contributed by atoms with Gasteiger partial charge >= 0.3 is 0 Å². The van der Waals surface area contributed by atoms with Gasteiger partial charge in [0.1, 0.15) is 11.3 Å². The molecule has 0 saturated carbocycles. The lowest BCUT2D eigenvalue weighted by atomic mass is 10.1. The summed E-state index contributed by atoms with van der Waals surface area (Å²) in [6.45, 7) is 2.09. The van der Waals surface area contributed by atoms with Gasteiger partial charge in [-0.1, -0.05) is 6.07 Å². The number of aryl methyl sites for hydroxylation is 1. The van der Waals surface area contributed by atoms with Gasteiger partial charge in [-0.05, 0) is 31.4 Å². The number of para-hydroxylation sites is 1. The van der Waals surface area contributed by atoms with Crippen LogP contribution in [0.2, 0.25) is 0 Å². The number of carbonyl (C=O) groups excluding carboxylic acids is 1. The van der Waals surface area contributed by atoms with Gasteiger partial charge in [-0.25, -0.2) is 9.37 Å². The highest BCUT2D eigenvalue weighted by Crippen LogP contribution is 2.17. The Balaban J connectivity index is 1.45. The number of ether oxygens (including phenoxy) is 1. The van der Waals surface area contributed by atoms with Crippen molar-refractivity contribution in [2.75, 3.05) is 26.3 Å². The summed E-state index contributed by atoms with van der Waals surface area (Å²) in [6, 6.07) is 4.79. The largest absolute Gasteiger partial charge is 0.396 e. The van der Waals surface area contributed by atoms with Gasteiger partial charge in [-0.15, -0.1) is 0 Å². The molecule has 136 valence electrons. The van der Waals surface area contributed by atoms with Crippen molar-refractivity contribution in [3.8, 4) is 0 Å². The lowest BCUT2D eigenvalue weighted by Gasteiger charge is -2.32. The molecule has 6 nitrogen and oxygen atoms in total. The molecule has 1 aliphatic rings. The van der Waals surface area contributed by atoms with Gasteiger partial charge < -0.3 is 19.7 Å². The van der Waals surface area contributed by atoms with E-state index >= 15 is 0 Å². The zero-order valence-corrected chi connectivity index (χ0v) is 14.2. The van der Waals surface area contributed by atoms with Gasteiger partial charge in [0, 0.05) is 39.1 Å². The first-order valence-corrected chi connectivity index (χ1v) is 8.80. The van der Waals surface area contributed by atoms with E-state index in [1.165, 1.54) is 6.07 Å². The Bertz CT molecular complexity index is 711. The number of H-pyrrole nitrogens is 1. The van der Waals surface area contributed by atoms with Crippen LogP contribution in [-0.4, -0.2) is 58.3 Å². The maximum Gasteiger partial charge on any atom is 0.223 e. The molecule has 2 heterocycles. The first-order valence-electron chi connectivity index (χ1n) is 8.80. The summed E-state index contributed by atoms with van der Waals surface area (Å²) in [5, 5.41) is 8.76. The monoisotopic (exact) mass is 349 g/mol. The number of aromatic nitrogens is 2. The van der Waals surface area contributed by atoms with Gasteiger partial charge in [0.15, 0.2) is 5.82 Å². The van der Waals surface area contributed by atoms with Crippen LogP contribution < -0.4 is 0 Å². The SMILES string of the molecule is O=C(CCc1nc2c(F)cccc2[nH]1)N1CCC(OCCCO)CC1. The molecule has 0 spiro atoms. The van der Waals surface area contributed by atoms with E-state index in [1.54, 1.807) is 12.1 Å². The molecule has 25 heavy (non-hydrogen) atoms. The lowest BCUT2D eigenvalue weighted by molar-refractivity contribution is -0.133. The molecule has 7 heteroatoms. The Hall–Kier alpha value is -1.99. The normalized spacial score (nSPS) is 15.8. The Morgan fingerprint density at radius 3 is 2.92 bits per heavy atom. The van der Waals surface area contributed by atoms with Crippen LogP contribution in [0, 0.1) is 5.82 Å². The molecule has 1 aromatic heterocycles. The van der Waals surface area contributed by atoms with Crippen molar-refractivity contribution >= 4 is 16.9 Å². The number of piperidine rings is 1. The summed E-state index contributed by atoms with van der Waals surface area (Å²) in [4.78, 5) is 21.5. The summed E-state index contributed by atoms with van der Waals surface area (Å²) < 4.78 is 19.3. The predicted octanol–water partition coefficient (Wildman–Crippen LogP) is 2.02. The summed E-state index contributed by atoms with van der Waals surface area (Å²) >= 11 is 0. The van der Waals surface area contributed by atoms with E-state index in [1.807, 2.05) is 4.90 Å². The molecule has 2 aromatic rings. The molecule has 0 atom stereocenters. The second-order valence-corrected chi connectivity index (χ2v) is 6.35. The van der Waals surface area contributed by atoms with Crippen LogP contribution >= 0.6 is 0 Å². The molecule has 1 aromatic carbocycles. The number of hydrogen-bond donors (Lipinski definition) is 2. The smallest absolute Gasteiger partial charge is 0.223 e. The highest BCUT2D eigenvalue weighted by atomic mass is 19.1. The minimum atomic E-state index is -0.352. The molecule has 0 aliphatic carbocycles.